The number of morpholine rings is 1. The van der Waals surface area contributed by atoms with Gasteiger partial charge in [0.25, 0.3) is 0 Å². The molecule has 1 unspecified atom stereocenters. The molecule has 1 atom stereocenters. The van der Waals surface area contributed by atoms with Crippen molar-refractivity contribution in [2.45, 2.75) is 58.0 Å². The number of ether oxygens (including phenoxy) is 2. The van der Waals surface area contributed by atoms with Gasteiger partial charge in [0.1, 0.15) is 5.75 Å². The number of carbonyl (C=O) groups is 1. The Bertz CT molecular complexity index is 534. The molecule has 0 saturated carbocycles. The first-order chi connectivity index (χ1) is 12.7. The highest BCUT2D eigenvalue weighted by atomic mass is 16.5. The third-order valence-corrected chi connectivity index (χ3v) is 4.79. The van der Waals surface area contributed by atoms with Crippen LogP contribution in [0.25, 0.3) is 0 Å². The largest absolute Gasteiger partial charge is 0.494 e. The number of rotatable bonds is 12. The van der Waals surface area contributed by atoms with Gasteiger partial charge >= 0.3 is 5.97 Å². The van der Waals surface area contributed by atoms with Crippen molar-refractivity contribution in [2.75, 3.05) is 32.8 Å². The Morgan fingerprint density at radius 3 is 2.88 bits per heavy atom. The molecular formula is C21H33NO4. The molecule has 1 aliphatic heterocycles. The molecule has 5 heteroatoms. The fourth-order valence-electron chi connectivity index (χ4n) is 3.24. The number of carboxylic acid groups (broad SMARTS) is 1. The van der Waals surface area contributed by atoms with Crippen molar-refractivity contribution in [3.05, 3.63) is 29.8 Å². The van der Waals surface area contributed by atoms with Gasteiger partial charge in [-0.15, -0.1) is 0 Å². The molecule has 1 aromatic carbocycles. The van der Waals surface area contributed by atoms with Gasteiger partial charge in [0.05, 0.1) is 25.7 Å². The molecular weight excluding hydrogens is 330 g/mol. The van der Waals surface area contributed by atoms with Crippen LogP contribution in [0.2, 0.25) is 0 Å². The highest BCUT2D eigenvalue weighted by molar-refractivity contribution is 5.66. The minimum absolute atomic E-state index is 0.0184. The lowest BCUT2D eigenvalue weighted by molar-refractivity contribution is -0.137. The molecule has 0 aromatic heterocycles. The first-order valence-corrected chi connectivity index (χ1v) is 9.97. The number of nitrogens with zero attached hydrogens (tertiary/aromatic N) is 1. The zero-order chi connectivity index (χ0) is 18.6. The average Bonchev–Trinajstić information content (AvgIpc) is 2.66. The molecule has 1 aliphatic rings. The number of hydrogen-bond acceptors (Lipinski definition) is 4. The van der Waals surface area contributed by atoms with Gasteiger partial charge < -0.3 is 14.6 Å². The van der Waals surface area contributed by atoms with Gasteiger partial charge in [-0.2, -0.15) is 0 Å². The van der Waals surface area contributed by atoms with E-state index in [1.54, 1.807) is 0 Å². The molecule has 0 amide bonds. The summed E-state index contributed by atoms with van der Waals surface area (Å²) in [5.74, 6) is 0.139. The van der Waals surface area contributed by atoms with E-state index in [4.69, 9.17) is 14.6 Å². The van der Waals surface area contributed by atoms with E-state index in [2.05, 4.69) is 24.0 Å². The van der Waals surface area contributed by atoms with Crippen LogP contribution >= 0.6 is 0 Å². The van der Waals surface area contributed by atoms with E-state index < -0.39 is 5.97 Å². The van der Waals surface area contributed by atoms with E-state index in [-0.39, 0.29) is 12.5 Å². The molecule has 26 heavy (non-hydrogen) atoms. The summed E-state index contributed by atoms with van der Waals surface area (Å²) in [6.07, 6.45) is 7.70. The van der Waals surface area contributed by atoms with Gasteiger partial charge in [0, 0.05) is 19.6 Å². The molecule has 0 aliphatic carbocycles. The van der Waals surface area contributed by atoms with Crippen molar-refractivity contribution < 1.29 is 19.4 Å². The van der Waals surface area contributed by atoms with E-state index >= 15 is 0 Å². The van der Waals surface area contributed by atoms with Crippen LogP contribution in [0, 0.1) is 0 Å². The summed E-state index contributed by atoms with van der Waals surface area (Å²) in [6, 6.07) is 8.11. The van der Waals surface area contributed by atoms with Crippen LogP contribution in [-0.2, 0) is 9.53 Å². The standard InChI is InChI=1S/C21H33NO4/c1-2-3-4-5-6-7-14-25-19-10-8-9-18(16-19)20-17-22(13-15-26-20)12-11-21(23)24/h8-10,16,20H,2-7,11-15,17H2,1H3,(H,23,24). The predicted octanol–water partition coefficient (Wildman–Crippen LogP) is 4.27. The van der Waals surface area contributed by atoms with Crippen molar-refractivity contribution in [1.82, 2.24) is 4.90 Å². The van der Waals surface area contributed by atoms with Crippen LogP contribution in [0.5, 0.6) is 5.75 Å². The summed E-state index contributed by atoms with van der Waals surface area (Å²) in [5.41, 5.74) is 1.10. The maximum absolute atomic E-state index is 10.8. The maximum atomic E-state index is 10.8. The summed E-state index contributed by atoms with van der Waals surface area (Å²) in [6.45, 7) is 5.71. The van der Waals surface area contributed by atoms with Gasteiger partial charge in [-0.3, -0.25) is 9.69 Å². The van der Waals surface area contributed by atoms with Crippen molar-refractivity contribution in [1.29, 1.82) is 0 Å². The van der Waals surface area contributed by atoms with Gasteiger partial charge in [0.15, 0.2) is 0 Å². The number of carboxylic acids is 1. The molecule has 1 aromatic rings. The topological polar surface area (TPSA) is 59.0 Å². The lowest BCUT2D eigenvalue weighted by Crippen LogP contribution is -2.39. The van der Waals surface area contributed by atoms with Crippen molar-refractivity contribution in [3.8, 4) is 5.75 Å². The second-order valence-corrected chi connectivity index (χ2v) is 6.99. The number of benzene rings is 1. The molecule has 2 rings (SSSR count). The first kappa shape index (κ1) is 20.7. The zero-order valence-corrected chi connectivity index (χ0v) is 16.0. The highest BCUT2D eigenvalue weighted by Crippen LogP contribution is 2.25. The van der Waals surface area contributed by atoms with E-state index in [1.165, 1.54) is 32.1 Å². The van der Waals surface area contributed by atoms with Gasteiger partial charge in [-0.05, 0) is 24.1 Å². The minimum Gasteiger partial charge on any atom is -0.494 e. The molecule has 5 nitrogen and oxygen atoms in total. The molecule has 1 heterocycles. The molecule has 1 fully saturated rings. The monoisotopic (exact) mass is 363 g/mol. The van der Waals surface area contributed by atoms with E-state index in [0.717, 1.165) is 37.4 Å². The van der Waals surface area contributed by atoms with Crippen molar-refractivity contribution >= 4 is 5.97 Å². The number of unbranched alkanes of at least 4 members (excludes halogenated alkanes) is 5. The van der Waals surface area contributed by atoms with Crippen LogP contribution in [0.1, 0.15) is 63.5 Å². The Labute approximate surface area is 157 Å². The summed E-state index contributed by atoms with van der Waals surface area (Å²) < 4.78 is 11.8. The highest BCUT2D eigenvalue weighted by Gasteiger charge is 2.22. The number of hydrogen-bond donors (Lipinski definition) is 1. The number of aliphatic carboxylic acids is 1. The second kappa shape index (κ2) is 11.9. The molecule has 0 bridgehead atoms. The zero-order valence-electron chi connectivity index (χ0n) is 16.0. The van der Waals surface area contributed by atoms with E-state index in [0.29, 0.717) is 13.2 Å². The normalized spacial score (nSPS) is 18.0. The fraction of sp³-hybridized carbons (Fsp3) is 0.667. The van der Waals surface area contributed by atoms with Crippen molar-refractivity contribution in [3.63, 3.8) is 0 Å². The van der Waals surface area contributed by atoms with Crippen LogP contribution < -0.4 is 4.74 Å². The fourth-order valence-corrected chi connectivity index (χ4v) is 3.24. The third kappa shape index (κ3) is 7.75. The Hall–Kier alpha value is -1.59. The SMILES string of the molecule is CCCCCCCCOc1cccc(C2CN(CCC(=O)O)CCO2)c1. The first-order valence-electron chi connectivity index (χ1n) is 9.97. The Balaban J connectivity index is 1.75. The van der Waals surface area contributed by atoms with E-state index in [9.17, 15) is 4.79 Å². The van der Waals surface area contributed by atoms with Crippen molar-refractivity contribution in [2.24, 2.45) is 0 Å². The van der Waals surface area contributed by atoms with Gasteiger partial charge in [0.2, 0.25) is 0 Å². The smallest absolute Gasteiger partial charge is 0.304 e. The molecule has 1 N–H and O–H groups in total. The summed E-state index contributed by atoms with van der Waals surface area (Å²) in [7, 11) is 0. The maximum Gasteiger partial charge on any atom is 0.304 e. The lowest BCUT2D eigenvalue weighted by Gasteiger charge is -2.32. The van der Waals surface area contributed by atoms with Crippen LogP contribution in [0.15, 0.2) is 24.3 Å². The quantitative estimate of drug-likeness (QED) is 0.562. The summed E-state index contributed by atoms with van der Waals surface area (Å²) >= 11 is 0. The van der Waals surface area contributed by atoms with Crippen LogP contribution in [0.3, 0.4) is 0 Å². The average molecular weight is 363 g/mol. The van der Waals surface area contributed by atoms with Gasteiger partial charge in [-0.25, -0.2) is 0 Å². The van der Waals surface area contributed by atoms with Crippen LogP contribution in [0.4, 0.5) is 0 Å². The summed E-state index contributed by atoms with van der Waals surface area (Å²) in [4.78, 5) is 12.9. The lowest BCUT2D eigenvalue weighted by atomic mass is 10.1. The Morgan fingerprint density at radius 1 is 1.27 bits per heavy atom. The molecule has 0 spiro atoms. The minimum atomic E-state index is -0.752. The Kier molecular flexibility index (Phi) is 9.50. The molecule has 0 radical (unpaired) electrons. The third-order valence-electron chi connectivity index (χ3n) is 4.79. The van der Waals surface area contributed by atoms with Gasteiger partial charge in [-0.1, -0.05) is 51.2 Å². The molecule has 146 valence electrons. The Morgan fingerprint density at radius 2 is 2.08 bits per heavy atom. The summed E-state index contributed by atoms with van der Waals surface area (Å²) in [5, 5.41) is 8.85. The van der Waals surface area contributed by atoms with Crippen LogP contribution in [-0.4, -0.2) is 48.8 Å². The van der Waals surface area contributed by atoms with E-state index in [1.807, 2.05) is 12.1 Å². The second-order valence-electron chi connectivity index (χ2n) is 6.99. The molecule has 1 saturated heterocycles. The predicted molar refractivity (Wildman–Crippen MR) is 103 cm³/mol.